The summed E-state index contributed by atoms with van der Waals surface area (Å²) in [5, 5.41) is 7.87. The van der Waals surface area contributed by atoms with E-state index in [-0.39, 0.29) is 0 Å². The molecule has 2 N–H and O–H groups in total. The van der Waals surface area contributed by atoms with Crippen LogP contribution in [0.5, 0.6) is 0 Å². The number of fused-ring (bicyclic) bond motifs is 4. The number of nitrogens with one attached hydrogen (secondary N) is 2. The van der Waals surface area contributed by atoms with Gasteiger partial charge in [0.1, 0.15) is 0 Å². The fraction of sp³-hybridized carbons (Fsp3) is 0.250. The molecule has 0 saturated carbocycles. The van der Waals surface area contributed by atoms with Gasteiger partial charge in [-0.3, -0.25) is 0 Å². The Morgan fingerprint density at radius 2 is 1.81 bits per heavy atom. The van der Waals surface area contributed by atoms with Crippen LogP contribution in [0.15, 0.2) is 60.7 Å². The number of benzene rings is 3. The highest BCUT2D eigenvalue weighted by Gasteiger charge is 2.29. The molecule has 0 amide bonds. The summed E-state index contributed by atoms with van der Waals surface area (Å²) >= 11 is 0. The third kappa shape index (κ3) is 2.37. The van der Waals surface area contributed by atoms with Crippen molar-refractivity contribution in [2.24, 2.45) is 0 Å². The van der Waals surface area contributed by atoms with Crippen LogP contribution in [0.3, 0.4) is 0 Å². The standard InChI is InChI=1S/C24H24N2/c1-15-10-11-22-21(14-15)20-12-13-25-23(24(20)26-22)16(2)18-9-5-7-17-6-3-4-8-19(17)18/h3-11,14,16,23,25-26H,12-13H2,1-2H3. The van der Waals surface area contributed by atoms with Crippen molar-refractivity contribution in [3.8, 4) is 0 Å². The SMILES string of the molecule is Cc1ccc2[nH]c3c(c2c1)CCNC3C(C)c1cccc2ccccc12. The zero-order chi connectivity index (χ0) is 17.7. The molecule has 2 atom stereocenters. The van der Waals surface area contributed by atoms with Gasteiger partial charge in [0.05, 0.1) is 6.04 Å². The number of aromatic amines is 1. The Kier molecular flexibility index (Phi) is 3.61. The number of aryl methyl sites for hydroxylation is 1. The Morgan fingerprint density at radius 3 is 2.73 bits per heavy atom. The topological polar surface area (TPSA) is 27.8 Å². The van der Waals surface area contributed by atoms with E-state index in [0.29, 0.717) is 12.0 Å². The third-order valence-corrected chi connectivity index (χ3v) is 5.96. The number of aromatic nitrogens is 1. The Balaban J connectivity index is 1.64. The van der Waals surface area contributed by atoms with Crippen LogP contribution in [-0.4, -0.2) is 11.5 Å². The predicted octanol–water partition coefficient (Wildman–Crippen LogP) is 5.62. The van der Waals surface area contributed by atoms with Crippen LogP contribution in [0, 0.1) is 6.92 Å². The van der Waals surface area contributed by atoms with Crippen molar-refractivity contribution in [3.05, 3.63) is 83.0 Å². The van der Waals surface area contributed by atoms with Crippen LogP contribution < -0.4 is 5.32 Å². The number of rotatable bonds is 2. The number of hydrogen-bond donors (Lipinski definition) is 2. The summed E-state index contributed by atoms with van der Waals surface area (Å²) in [6, 6.07) is 22.5. The molecule has 3 aromatic carbocycles. The van der Waals surface area contributed by atoms with Crippen molar-refractivity contribution in [2.45, 2.75) is 32.2 Å². The van der Waals surface area contributed by atoms with Crippen molar-refractivity contribution < 1.29 is 0 Å². The lowest BCUT2D eigenvalue weighted by molar-refractivity contribution is 0.440. The van der Waals surface area contributed by atoms with Gasteiger partial charge in [0.15, 0.2) is 0 Å². The highest BCUT2D eigenvalue weighted by atomic mass is 15.0. The molecule has 0 radical (unpaired) electrons. The fourth-order valence-electron chi connectivity index (χ4n) is 4.63. The molecule has 1 aromatic heterocycles. The van der Waals surface area contributed by atoms with Crippen LogP contribution >= 0.6 is 0 Å². The molecule has 0 aliphatic carbocycles. The van der Waals surface area contributed by atoms with Crippen LogP contribution in [0.4, 0.5) is 0 Å². The molecule has 26 heavy (non-hydrogen) atoms. The van der Waals surface area contributed by atoms with E-state index in [0.717, 1.165) is 13.0 Å². The zero-order valence-corrected chi connectivity index (χ0v) is 15.3. The molecule has 0 fully saturated rings. The van der Waals surface area contributed by atoms with E-state index >= 15 is 0 Å². The van der Waals surface area contributed by atoms with Gasteiger partial charge in [-0.25, -0.2) is 0 Å². The molecule has 1 aliphatic heterocycles. The highest BCUT2D eigenvalue weighted by Crippen LogP contribution is 2.39. The molecular weight excluding hydrogens is 316 g/mol. The largest absolute Gasteiger partial charge is 0.357 e. The van der Waals surface area contributed by atoms with Crippen LogP contribution in [0.2, 0.25) is 0 Å². The van der Waals surface area contributed by atoms with Gasteiger partial charge in [0.2, 0.25) is 0 Å². The van der Waals surface area contributed by atoms with E-state index < -0.39 is 0 Å². The van der Waals surface area contributed by atoms with Gasteiger partial charge in [-0.2, -0.15) is 0 Å². The van der Waals surface area contributed by atoms with Gasteiger partial charge in [-0.1, -0.05) is 61.0 Å². The number of H-pyrrole nitrogens is 1. The van der Waals surface area contributed by atoms with Gasteiger partial charge >= 0.3 is 0 Å². The van der Waals surface area contributed by atoms with E-state index in [1.165, 1.54) is 44.1 Å². The summed E-state index contributed by atoms with van der Waals surface area (Å²) in [4.78, 5) is 3.73. The van der Waals surface area contributed by atoms with Crippen molar-refractivity contribution in [1.82, 2.24) is 10.3 Å². The second-order valence-electron chi connectivity index (χ2n) is 7.61. The van der Waals surface area contributed by atoms with E-state index in [2.05, 4.69) is 84.8 Å². The summed E-state index contributed by atoms with van der Waals surface area (Å²) in [6.45, 7) is 5.56. The quantitative estimate of drug-likeness (QED) is 0.487. The van der Waals surface area contributed by atoms with Gasteiger partial charge in [0, 0.05) is 22.5 Å². The zero-order valence-electron chi connectivity index (χ0n) is 15.3. The number of hydrogen-bond acceptors (Lipinski definition) is 1. The molecule has 0 saturated heterocycles. The molecule has 4 aromatic rings. The normalized spacial score (nSPS) is 18.2. The van der Waals surface area contributed by atoms with E-state index in [4.69, 9.17) is 0 Å². The molecule has 5 rings (SSSR count). The Bertz CT molecular complexity index is 1100. The monoisotopic (exact) mass is 340 g/mol. The van der Waals surface area contributed by atoms with Crippen molar-refractivity contribution >= 4 is 21.7 Å². The predicted molar refractivity (Wildman–Crippen MR) is 110 cm³/mol. The third-order valence-electron chi connectivity index (χ3n) is 5.96. The minimum Gasteiger partial charge on any atom is -0.357 e. The summed E-state index contributed by atoms with van der Waals surface area (Å²) in [6.07, 6.45) is 1.09. The first kappa shape index (κ1) is 15.7. The molecule has 2 unspecified atom stereocenters. The van der Waals surface area contributed by atoms with Gasteiger partial charge in [-0.15, -0.1) is 0 Å². The van der Waals surface area contributed by atoms with E-state index in [1.807, 2.05) is 0 Å². The highest BCUT2D eigenvalue weighted by molar-refractivity contribution is 5.87. The van der Waals surface area contributed by atoms with Crippen molar-refractivity contribution in [2.75, 3.05) is 6.54 Å². The Labute approximate surface area is 154 Å². The fourth-order valence-corrected chi connectivity index (χ4v) is 4.63. The van der Waals surface area contributed by atoms with Crippen molar-refractivity contribution in [1.29, 1.82) is 0 Å². The van der Waals surface area contributed by atoms with E-state index in [1.54, 1.807) is 0 Å². The first-order valence-electron chi connectivity index (χ1n) is 9.54. The van der Waals surface area contributed by atoms with Crippen molar-refractivity contribution in [3.63, 3.8) is 0 Å². The maximum Gasteiger partial charge on any atom is 0.0543 e. The van der Waals surface area contributed by atoms with Gasteiger partial charge in [-0.05, 0) is 53.9 Å². The molecule has 130 valence electrons. The molecule has 2 heterocycles. The second kappa shape index (κ2) is 6.00. The van der Waals surface area contributed by atoms with Crippen LogP contribution in [0.1, 0.15) is 41.3 Å². The summed E-state index contributed by atoms with van der Waals surface area (Å²) in [5.41, 5.74) is 6.89. The molecule has 2 heteroatoms. The van der Waals surface area contributed by atoms with Gasteiger partial charge < -0.3 is 10.3 Å². The van der Waals surface area contributed by atoms with Gasteiger partial charge in [0.25, 0.3) is 0 Å². The summed E-state index contributed by atoms with van der Waals surface area (Å²) in [5.74, 6) is 0.398. The first-order valence-corrected chi connectivity index (χ1v) is 9.54. The molecular formula is C24H24N2. The Hall–Kier alpha value is -2.58. The lowest BCUT2D eigenvalue weighted by atomic mass is 9.84. The summed E-state index contributed by atoms with van der Waals surface area (Å²) < 4.78 is 0. The minimum atomic E-state index is 0.317. The maximum absolute atomic E-state index is 3.78. The average molecular weight is 340 g/mol. The minimum absolute atomic E-state index is 0.317. The summed E-state index contributed by atoms with van der Waals surface area (Å²) in [7, 11) is 0. The van der Waals surface area contributed by atoms with Crippen LogP contribution in [-0.2, 0) is 6.42 Å². The molecule has 0 spiro atoms. The lowest BCUT2D eigenvalue weighted by Gasteiger charge is -2.30. The second-order valence-corrected chi connectivity index (χ2v) is 7.61. The smallest absolute Gasteiger partial charge is 0.0543 e. The first-order chi connectivity index (χ1) is 12.7. The molecule has 0 bridgehead atoms. The maximum atomic E-state index is 3.78. The molecule has 1 aliphatic rings. The Morgan fingerprint density at radius 1 is 0.962 bits per heavy atom. The molecule has 2 nitrogen and oxygen atoms in total. The average Bonchev–Trinajstić information content (AvgIpc) is 3.05. The lowest BCUT2D eigenvalue weighted by Crippen LogP contribution is -2.33. The van der Waals surface area contributed by atoms with E-state index in [9.17, 15) is 0 Å². The van der Waals surface area contributed by atoms with Crippen LogP contribution in [0.25, 0.3) is 21.7 Å².